The number of phenolic OH excluding ortho intramolecular Hbond substituents is 1. The van der Waals surface area contributed by atoms with Crippen molar-refractivity contribution in [3.8, 4) is 5.75 Å². The summed E-state index contributed by atoms with van der Waals surface area (Å²) in [7, 11) is 1.54. The number of benzene rings is 1. The first-order chi connectivity index (χ1) is 8.00. The van der Waals surface area contributed by atoms with Crippen molar-refractivity contribution in [2.75, 3.05) is 7.05 Å². The van der Waals surface area contributed by atoms with Gasteiger partial charge in [0.25, 0.3) is 0 Å². The maximum absolute atomic E-state index is 11.4. The molecule has 1 fully saturated rings. The van der Waals surface area contributed by atoms with Crippen LogP contribution in [0.5, 0.6) is 5.75 Å². The maximum atomic E-state index is 11.4. The predicted molar refractivity (Wildman–Crippen MR) is 58.6 cm³/mol. The Balaban J connectivity index is 2.37. The summed E-state index contributed by atoms with van der Waals surface area (Å²) in [4.78, 5) is 23.8. The van der Waals surface area contributed by atoms with Crippen LogP contribution in [0.1, 0.15) is 11.6 Å². The highest BCUT2D eigenvalue weighted by atomic mass is 16.4. The van der Waals surface area contributed by atoms with Crippen LogP contribution in [0.15, 0.2) is 24.3 Å². The van der Waals surface area contributed by atoms with Crippen LogP contribution in [0.3, 0.4) is 0 Å². The lowest BCUT2D eigenvalue weighted by Crippen LogP contribution is -2.35. The van der Waals surface area contributed by atoms with Gasteiger partial charge in [0.1, 0.15) is 5.75 Å². The number of aliphatic carboxylic acids is 1. The molecule has 0 aromatic heterocycles. The standard InChI is InChI=1S/C11H12N2O4/c1-13-9(6-2-4-7(14)5-3-6)8(10(15)16)12-11(13)17/h2-5,8-9,14H,1H3,(H,12,17)(H,15,16). The Morgan fingerprint density at radius 1 is 1.35 bits per heavy atom. The van der Waals surface area contributed by atoms with Crippen LogP contribution in [-0.2, 0) is 4.79 Å². The number of amides is 2. The molecule has 0 aliphatic carbocycles. The van der Waals surface area contributed by atoms with Crippen LogP contribution < -0.4 is 5.32 Å². The molecule has 0 radical (unpaired) electrons. The molecule has 1 aromatic rings. The number of aromatic hydroxyl groups is 1. The second kappa shape index (κ2) is 3.97. The van der Waals surface area contributed by atoms with Crippen molar-refractivity contribution >= 4 is 12.0 Å². The predicted octanol–water partition coefficient (Wildman–Crippen LogP) is 0.541. The average molecular weight is 236 g/mol. The van der Waals surface area contributed by atoms with Gasteiger partial charge in [0, 0.05) is 7.05 Å². The Labute approximate surface area is 97.5 Å². The van der Waals surface area contributed by atoms with Crippen molar-refractivity contribution < 1.29 is 19.8 Å². The van der Waals surface area contributed by atoms with Crippen LogP contribution in [0.25, 0.3) is 0 Å². The van der Waals surface area contributed by atoms with E-state index in [1.165, 1.54) is 24.1 Å². The highest BCUT2D eigenvalue weighted by Gasteiger charge is 2.42. The van der Waals surface area contributed by atoms with E-state index < -0.39 is 24.1 Å². The fourth-order valence-corrected chi connectivity index (χ4v) is 1.95. The molecule has 1 heterocycles. The normalized spacial score (nSPS) is 23.6. The van der Waals surface area contributed by atoms with E-state index in [0.29, 0.717) is 5.56 Å². The molecule has 1 saturated heterocycles. The molecular formula is C11H12N2O4. The van der Waals surface area contributed by atoms with E-state index in [9.17, 15) is 14.7 Å². The van der Waals surface area contributed by atoms with E-state index in [0.717, 1.165) is 0 Å². The molecule has 1 aliphatic rings. The Morgan fingerprint density at radius 2 is 1.94 bits per heavy atom. The number of carbonyl (C=O) groups is 2. The van der Waals surface area contributed by atoms with Crippen molar-refractivity contribution in [2.45, 2.75) is 12.1 Å². The van der Waals surface area contributed by atoms with Gasteiger partial charge in [-0.25, -0.2) is 9.59 Å². The van der Waals surface area contributed by atoms with E-state index in [1.54, 1.807) is 12.1 Å². The van der Waals surface area contributed by atoms with Crippen LogP contribution in [0.2, 0.25) is 0 Å². The first-order valence-electron chi connectivity index (χ1n) is 5.06. The van der Waals surface area contributed by atoms with E-state index >= 15 is 0 Å². The second-order valence-electron chi connectivity index (χ2n) is 3.91. The van der Waals surface area contributed by atoms with Gasteiger partial charge in [-0.05, 0) is 17.7 Å². The molecule has 6 nitrogen and oxygen atoms in total. The number of carbonyl (C=O) groups excluding carboxylic acids is 1. The topological polar surface area (TPSA) is 89.9 Å². The minimum absolute atomic E-state index is 0.0977. The summed E-state index contributed by atoms with van der Waals surface area (Å²) in [6.45, 7) is 0. The van der Waals surface area contributed by atoms with Gasteiger partial charge in [-0.3, -0.25) is 0 Å². The first kappa shape index (κ1) is 11.3. The fraction of sp³-hybridized carbons (Fsp3) is 0.273. The van der Waals surface area contributed by atoms with Crippen molar-refractivity contribution in [3.63, 3.8) is 0 Å². The van der Waals surface area contributed by atoms with Gasteiger partial charge in [0.15, 0.2) is 6.04 Å². The Morgan fingerprint density at radius 3 is 2.47 bits per heavy atom. The average Bonchev–Trinajstić information content (AvgIpc) is 2.57. The molecule has 2 amide bonds. The summed E-state index contributed by atoms with van der Waals surface area (Å²) in [6, 6.07) is 4.17. The number of carboxylic acid groups (broad SMARTS) is 1. The summed E-state index contributed by atoms with van der Waals surface area (Å²) >= 11 is 0. The number of rotatable bonds is 2. The molecule has 0 saturated carbocycles. The second-order valence-corrected chi connectivity index (χ2v) is 3.91. The molecule has 2 atom stereocenters. The molecule has 2 rings (SSSR count). The molecule has 1 aromatic carbocycles. The number of urea groups is 1. The zero-order chi connectivity index (χ0) is 12.6. The maximum Gasteiger partial charge on any atom is 0.328 e. The first-order valence-corrected chi connectivity index (χ1v) is 5.06. The summed E-state index contributed by atoms with van der Waals surface area (Å²) in [5, 5.41) is 20.6. The van der Waals surface area contributed by atoms with Gasteiger partial charge in [-0.15, -0.1) is 0 Å². The molecule has 6 heteroatoms. The lowest BCUT2D eigenvalue weighted by atomic mass is 10.00. The molecule has 2 unspecified atom stereocenters. The van der Waals surface area contributed by atoms with E-state index in [-0.39, 0.29) is 5.75 Å². The lowest BCUT2D eigenvalue weighted by Gasteiger charge is -2.21. The van der Waals surface area contributed by atoms with Gasteiger partial charge in [-0.1, -0.05) is 12.1 Å². The Bertz CT molecular complexity index is 457. The van der Waals surface area contributed by atoms with Crippen molar-refractivity contribution in [2.24, 2.45) is 0 Å². The van der Waals surface area contributed by atoms with Gasteiger partial charge in [0.05, 0.1) is 6.04 Å². The summed E-state index contributed by atoms with van der Waals surface area (Å²) in [5.41, 5.74) is 0.663. The minimum atomic E-state index is -1.08. The molecule has 90 valence electrons. The third-order valence-corrected chi connectivity index (χ3v) is 2.83. The highest BCUT2D eigenvalue weighted by molar-refractivity contribution is 5.87. The third kappa shape index (κ3) is 1.89. The molecule has 1 aliphatic heterocycles. The molecule has 0 spiro atoms. The van der Waals surface area contributed by atoms with Crippen molar-refractivity contribution in [1.29, 1.82) is 0 Å². The summed E-state index contributed by atoms with van der Waals surface area (Å²) in [5.74, 6) is -0.985. The number of nitrogens with one attached hydrogen (secondary N) is 1. The fourth-order valence-electron chi connectivity index (χ4n) is 1.95. The monoisotopic (exact) mass is 236 g/mol. The van der Waals surface area contributed by atoms with Gasteiger partial charge >= 0.3 is 12.0 Å². The highest BCUT2D eigenvalue weighted by Crippen LogP contribution is 2.29. The zero-order valence-corrected chi connectivity index (χ0v) is 9.12. The third-order valence-electron chi connectivity index (χ3n) is 2.83. The smallest absolute Gasteiger partial charge is 0.328 e. The van der Waals surface area contributed by atoms with Gasteiger partial charge < -0.3 is 20.4 Å². The van der Waals surface area contributed by atoms with E-state index in [4.69, 9.17) is 5.11 Å². The minimum Gasteiger partial charge on any atom is -0.508 e. The Hall–Kier alpha value is -2.24. The number of hydrogen-bond acceptors (Lipinski definition) is 3. The van der Waals surface area contributed by atoms with E-state index in [1.807, 2.05) is 0 Å². The van der Waals surface area contributed by atoms with Crippen molar-refractivity contribution in [1.82, 2.24) is 10.2 Å². The van der Waals surface area contributed by atoms with Gasteiger partial charge in [0.2, 0.25) is 0 Å². The molecule has 17 heavy (non-hydrogen) atoms. The van der Waals surface area contributed by atoms with Crippen LogP contribution in [0.4, 0.5) is 4.79 Å². The molecule has 3 N–H and O–H groups in total. The van der Waals surface area contributed by atoms with Crippen LogP contribution in [-0.4, -0.2) is 40.2 Å². The summed E-state index contributed by atoms with van der Waals surface area (Å²) < 4.78 is 0. The lowest BCUT2D eigenvalue weighted by molar-refractivity contribution is -0.139. The number of nitrogens with zero attached hydrogens (tertiary/aromatic N) is 1. The largest absolute Gasteiger partial charge is 0.508 e. The van der Waals surface area contributed by atoms with Gasteiger partial charge in [-0.2, -0.15) is 0 Å². The van der Waals surface area contributed by atoms with Crippen LogP contribution >= 0.6 is 0 Å². The summed E-state index contributed by atoms with van der Waals surface area (Å²) in [6.07, 6.45) is 0. The number of phenols is 1. The molecular weight excluding hydrogens is 224 g/mol. The number of carboxylic acids is 1. The molecule has 0 bridgehead atoms. The zero-order valence-electron chi connectivity index (χ0n) is 9.12. The number of hydrogen-bond donors (Lipinski definition) is 3. The Kier molecular flexibility index (Phi) is 2.63. The van der Waals surface area contributed by atoms with E-state index in [2.05, 4.69) is 5.32 Å². The number of likely N-dealkylation sites (N-methyl/N-ethyl adjacent to an activating group) is 1. The van der Waals surface area contributed by atoms with Crippen LogP contribution in [0, 0.1) is 0 Å². The SMILES string of the molecule is CN1C(=O)NC(C(=O)O)C1c1ccc(O)cc1. The quantitative estimate of drug-likeness (QED) is 0.699. The van der Waals surface area contributed by atoms with Crippen molar-refractivity contribution in [3.05, 3.63) is 29.8 Å².